The van der Waals surface area contributed by atoms with Gasteiger partial charge in [0.05, 0.1) is 0 Å². The number of hydrogen-bond acceptors (Lipinski definition) is 1. The molecule has 0 spiro atoms. The molecule has 0 unspecified atom stereocenters. The number of benzene rings is 1. The molecule has 0 radical (unpaired) electrons. The zero-order valence-corrected chi connectivity index (χ0v) is 12.4. The molecule has 0 amide bonds. The van der Waals surface area contributed by atoms with Gasteiger partial charge in [0.15, 0.2) is 5.78 Å². The largest absolute Gasteiger partial charge is 0.294 e. The first-order chi connectivity index (χ1) is 9.59. The van der Waals surface area contributed by atoms with Gasteiger partial charge >= 0.3 is 0 Å². The quantitative estimate of drug-likeness (QED) is 0.688. The average Bonchev–Trinajstić information content (AvgIpc) is 2.74. The smallest absolute Gasteiger partial charge is 0.161 e. The fourth-order valence-corrected chi connectivity index (χ4v) is 4.98. The van der Waals surface area contributed by atoms with Crippen LogP contribution in [0.5, 0.6) is 0 Å². The number of hydrogen-bond donors (Lipinski definition) is 0. The minimum absolute atomic E-state index is 0.0939. The molecule has 0 N–H and O–H groups in total. The first kappa shape index (κ1) is 12.4. The molecule has 104 valence electrons. The van der Waals surface area contributed by atoms with Crippen LogP contribution >= 0.6 is 0 Å². The van der Waals surface area contributed by atoms with Crippen LogP contribution in [0.25, 0.3) is 0 Å². The summed E-state index contributed by atoms with van der Waals surface area (Å²) in [5, 5.41) is 0. The average molecular weight is 266 g/mol. The molecule has 0 aromatic heterocycles. The number of fused-ring (bicyclic) bond motifs is 5. The molecule has 3 aliphatic rings. The van der Waals surface area contributed by atoms with Crippen LogP contribution in [0.1, 0.15) is 48.8 Å². The topological polar surface area (TPSA) is 17.1 Å². The van der Waals surface area contributed by atoms with Crippen LogP contribution in [-0.4, -0.2) is 5.78 Å². The highest BCUT2D eigenvalue weighted by Crippen LogP contribution is 2.57. The van der Waals surface area contributed by atoms with E-state index in [1.165, 1.54) is 24.8 Å². The first-order valence-corrected chi connectivity index (χ1v) is 7.92. The monoisotopic (exact) mass is 266 g/mol. The third kappa shape index (κ3) is 1.52. The van der Waals surface area contributed by atoms with Crippen molar-refractivity contribution in [1.82, 2.24) is 0 Å². The van der Waals surface area contributed by atoms with E-state index in [0.717, 1.165) is 6.42 Å². The molecule has 1 aromatic carbocycles. The molecule has 1 fully saturated rings. The number of rotatable bonds is 0. The molecule has 0 bridgehead atoms. The van der Waals surface area contributed by atoms with E-state index in [0.29, 0.717) is 23.5 Å². The maximum atomic E-state index is 12.2. The van der Waals surface area contributed by atoms with E-state index in [1.54, 1.807) is 11.1 Å². The lowest BCUT2D eigenvalue weighted by molar-refractivity contribution is -0.126. The van der Waals surface area contributed by atoms with Crippen LogP contribution in [0.4, 0.5) is 0 Å². The minimum Gasteiger partial charge on any atom is -0.294 e. The fourth-order valence-electron chi connectivity index (χ4n) is 4.98. The number of ketones is 1. The molecular formula is C19H22O. The summed E-state index contributed by atoms with van der Waals surface area (Å²) in [6, 6.07) is 6.98. The lowest BCUT2D eigenvalue weighted by Gasteiger charge is -2.48. The van der Waals surface area contributed by atoms with Crippen molar-refractivity contribution in [2.45, 2.75) is 45.4 Å². The molecule has 1 saturated carbocycles. The van der Waals surface area contributed by atoms with Gasteiger partial charge in [-0.15, -0.1) is 0 Å². The SMILES string of the molecule is Cc1ccc2c(c1)CC[C@@H]1[C@@H]2CC[C@]2(C)C(=O)C=C[C@@H]12. The van der Waals surface area contributed by atoms with Crippen LogP contribution in [0, 0.1) is 24.2 Å². The summed E-state index contributed by atoms with van der Waals surface area (Å²) < 4.78 is 0. The molecule has 1 heteroatoms. The predicted octanol–water partition coefficient (Wildman–Crippen LogP) is 4.20. The van der Waals surface area contributed by atoms with Crippen LogP contribution in [0.3, 0.4) is 0 Å². The molecule has 0 heterocycles. The van der Waals surface area contributed by atoms with Crippen molar-refractivity contribution in [3.05, 3.63) is 47.0 Å². The van der Waals surface area contributed by atoms with Crippen molar-refractivity contribution in [3.63, 3.8) is 0 Å². The van der Waals surface area contributed by atoms with Gasteiger partial charge in [0.1, 0.15) is 0 Å². The Morgan fingerprint density at radius 2 is 2.10 bits per heavy atom. The second kappa shape index (κ2) is 4.07. The van der Waals surface area contributed by atoms with Crippen molar-refractivity contribution in [2.24, 2.45) is 17.3 Å². The minimum atomic E-state index is -0.0939. The third-order valence-electron chi connectivity index (χ3n) is 6.15. The normalized spacial score (nSPS) is 38.3. The lowest BCUT2D eigenvalue weighted by atomic mass is 9.55. The maximum Gasteiger partial charge on any atom is 0.161 e. The highest BCUT2D eigenvalue weighted by Gasteiger charge is 2.52. The Bertz CT molecular complexity index is 612. The first-order valence-electron chi connectivity index (χ1n) is 7.92. The summed E-state index contributed by atoms with van der Waals surface area (Å²) in [6.07, 6.45) is 8.75. The van der Waals surface area contributed by atoms with Crippen LogP contribution in [-0.2, 0) is 11.2 Å². The molecule has 3 aliphatic carbocycles. The van der Waals surface area contributed by atoms with Crippen molar-refractivity contribution in [1.29, 1.82) is 0 Å². The van der Waals surface area contributed by atoms with Crippen molar-refractivity contribution in [2.75, 3.05) is 0 Å². The second-order valence-electron chi connectivity index (χ2n) is 7.22. The van der Waals surface area contributed by atoms with Crippen LogP contribution < -0.4 is 0 Å². The van der Waals surface area contributed by atoms with Gasteiger partial charge in [-0.25, -0.2) is 0 Å². The van der Waals surface area contributed by atoms with Gasteiger partial charge in [-0.1, -0.05) is 36.8 Å². The Kier molecular flexibility index (Phi) is 2.52. The molecule has 0 aliphatic heterocycles. The van der Waals surface area contributed by atoms with Crippen molar-refractivity contribution in [3.8, 4) is 0 Å². The summed E-state index contributed by atoms with van der Waals surface area (Å²) in [4.78, 5) is 12.2. The van der Waals surface area contributed by atoms with E-state index in [4.69, 9.17) is 0 Å². The standard InChI is InChI=1S/C19H22O/c1-12-3-5-14-13(11-12)4-6-16-15(14)9-10-19(2)17(16)7-8-18(19)20/h3,5,7-8,11,15-17H,4,6,9-10H2,1-2H3/t15-,16-,17+,19+/m1/s1. The zero-order valence-electron chi connectivity index (χ0n) is 12.4. The fraction of sp³-hybridized carbons (Fsp3) is 0.526. The Hall–Kier alpha value is -1.37. The Balaban J connectivity index is 1.75. The zero-order chi connectivity index (χ0) is 13.9. The predicted molar refractivity (Wildman–Crippen MR) is 80.7 cm³/mol. The molecule has 0 saturated heterocycles. The van der Waals surface area contributed by atoms with Gasteiger partial charge in [-0.3, -0.25) is 4.79 Å². The highest BCUT2D eigenvalue weighted by molar-refractivity contribution is 5.97. The Labute approximate surface area is 121 Å². The molecule has 20 heavy (non-hydrogen) atoms. The number of aryl methyl sites for hydroxylation is 2. The molecule has 1 aromatic rings. The van der Waals surface area contributed by atoms with E-state index in [1.807, 2.05) is 6.08 Å². The number of carbonyl (C=O) groups excluding carboxylic acids is 1. The molecule has 1 nitrogen and oxygen atoms in total. The van der Waals surface area contributed by atoms with Gasteiger partial charge < -0.3 is 0 Å². The Morgan fingerprint density at radius 1 is 1.25 bits per heavy atom. The Morgan fingerprint density at radius 3 is 2.95 bits per heavy atom. The van der Waals surface area contributed by atoms with Gasteiger partial charge in [0, 0.05) is 5.41 Å². The van der Waals surface area contributed by atoms with Gasteiger partial charge in [0.25, 0.3) is 0 Å². The van der Waals surface area contributed by atoms with Crippen LogP contribution in [0.15, 0.2) is 30.4 Å². The van der Waals surface area contributed by atoms with Crippen LogP contribution in [0.2, 0.25) is 0 Å². The lowest BCUT2D eigenvalue weighted by Crippen LogP contribution is -2.42. The van der Waals surface area contributed by atoms with Gasteiger partial charge in [-0.05, 0) is 67.6 Å². The molecular weight excluding hydrogens is 244 g/mol. The summed E-state index contributed by atoms with van der Waals surface area (Å²) in [7, 11) is 0. The summed E-state index contributed by atoms with van der Waals surface area (Å²) >= 11 is 0. The summed E-state index contributed by atoms with van der Waals surface area (Å²) in [6.45, 7) is 4.38. The van der Waals surface area contributed by atoms with E-state index in [2.05, 4.69) is 38.1 Å². The highest BCUT2D eigenvalue weighted by atomic mass is 16.1. The molecule has 4 atom stereocenters. The van der Waals surface area contributed by atoms with Gasteiger partial charge in [-0.2, -0.15) is 0 Å². The molecule has 4 rings (SSSR count). The maximum absolute atomic E-state index is 12.2. The van der Waals surface area contributed by atoms with Gasteiger partial charge in [0.2, 0.25) is 0 Å². The van der Waals surface area contributed by atoms with E-state index in [9.17, 15) is 4.79 Å². The summed E-state index contributed by atoms with van der Waals surface area (Å²) in [5.74, 6) is 2.19. The van der Waals surface area contributed by atoms with E-state index >= 15 is 0 Å². The van der Waals surface area contributed by atoms with E-state index in [-0.39, 0.29) is 5.41 Å². The summed E-state index contributed by atoms with van der Waals surface area (Å²) in [5.41, 5.74) is 4.41. The third-order valence-corrected chi connectivity index (χ3v) is 6.15. The number of allylic oxidation sites excluding steroid dienone is 2. The van der Waals surface area contributed by atoms with E-state index < -0.39 is 0 Å². The van der Waals surface area contributed by atoms with Crippen molar-refractivity contribution < 1.29 is 4.79 Å². The second-order valence-corrected chi connectivity index (χ2v) is 7.22. The number of carbonyl (C=O) groups is 1. The van der Waals surface area contributed by atoms with Crippen molar-refractivity contribution >= 4 is 5.78 Å².